The zero-order valence-corrected chi connectivity index (χ0v) is 10.7. The van der Waals surface area contributed by atoms with Gasteiger partial charge in [-0.3, -0.25) is 9.78 Å². The number of carbonyl (C=O) groups excluding carboxylic acids is 1. The fraction of sp³-hybridized carbons (Fsp3) is 0.500. The quantitative estimate of drug-likeness (QED) is 0.798. The maximum atomic E-state index is 11.6. The van der Waals surface area contributed by atoms with Crippen LogP contribution in [0.2, 0.25) is 0 Å². The van der Waals surface area contributed by atoms with Gasteiger partial charge >= 0.3 is 0 Å². The number of hydrogen-bond acceptors (Lipinski definition) is 5. The molecular formula is C10H16N4OS. The molecule has 0 aliphatic heterocycles. The third-order valence-corrected chi connectivity index (χ3v) is 2.61. The third kappa shape index (κ3) is 3.37. The van der Waals surface area contributed by atoms with Crippen LogP contribution in [0.25, 0.3) is 0 Å². The van der Waals surface area contributed by atoms with Crippen molar-refractivity contribution in [1.29, 1.82) is 0 Å². The third-order valence-electron chi connectivity index (χ3n) is 2.00. The Bertz CT molecular complexity index is 370. The highest BCUT2D eigenvalue weighted by Crippen LogP contribution is 2.12. The lowest BCUT2D eigenvalue weighted by molar-refractivity contribution is -0.129. The molecule has 5 nitrogen and oxygen atoms in total. The highest BCUT2D eigenvalue weighted by molar-refractivity contribution is 7.98. The molecule has 0 radical (unpaired) electrons. The number of carbonyl (C=O) groups is 1. The molecule has 1 N–H and O–H groups in total. The van der Waals surface area contributed by atoms with E-state index in [0.29, 0.717) is 5.82 Å². The van der Waals surface area contributed by atoms with Crippen molar-refractivity contribution in [3.05, 3.63) is 12.4 Å². The van der Waals surface area contributed by atoms with Gasteiger partial charge in [0.1, 0.15) is 16.9 Å². The van der Waals surface area contributed by atoms with E-state index >= 15 is 0 Å². The number of likely N-dealkylation sites (N-methyl/N-ethyl adjacent to an activating group) is 1. The Morgan fingerprint density at radius 1 is 1.50 bits per heavy atom. The molecule has 1 aromatic heterocycles. The Morgan fingerprint density at radius 3 is 2.75 bits per heavy atom. The number of aromatic nitrogens is 2. The molecule has 0 bridgehead atoms. The first-order valence-electron chi connectivity index (χ1n) is 4.88. The van der Waals surface area contributed by atoms with Crippen molar-refractivity contribution in [3.63, 3.8) is 0 Å². The van der Waals surface area contributed by atoms with Gasteiger partial charge in [0.25, 0.3) is 0 Å². The first-order chi connectivity index (χ1) is 7.54. The van der Waals surface area contributed by atoms with Crippen molar-refractivity contribution in [1.82, 2.24) is 14.9 Å². The van der Waals surface area contributed by atoms with Crippen LogP contribution in [0, 0.1) is 0 Å². The Hall–Kier alpha value is -1.30. The van der Waals surface area contributed by atoms with Crippen molar-refractivity contribution in [3.8, 4) is 0 Å². The predicted molar refractivity (Wildman–Crippen MR) is 65.6 cm³/mol. The van der Waals surface area contributed by atoms with Gasteiger partial charge in [-0.2, -0.15) is 0 Å². The molecule has 1 amide bonds. The molecule has 1 atom stereocenters. The van der Waals surface area contributed by atoms with Crippen LogP contribution in [0.15, 0.2) is 17.4 Å². The van der Waals surface area contributed by atoms with Gasteiger partial charge in [-0.1, -0.05) is 0 Å². The van der Waals surface area contributed by atoms with E-state index in [-0.39, 0.29) is 11.9 Å². The molecule has 0 saturated carbocycles. The number of anilines is 1. The van der Waals surface area contributed by atoms with E-state index < -0.39 is 0 Å². The second kappa shape index (κ2) is 5.69. The second-order valence-corrected chi connectivity index (χ2v) is 4.37. The van der Waals surface area contributed by atoms with Crippen LogP contribution < -0.4 is 5.32 Å². The van der Waals surface area contributed by atoms with Gasteiger partial charge in [0.2, 0.25) is 5.91 Å². The van der Waals surface area contributed by atoms with Crippen LogP contribution in [-0.4, -0.2) is 47.2 Å². The molecule has 0 fully saturated rings. The molecular weight excluding hydrogens is 224 g/mol. The fourth-order valence-corrected chi connectivity index (χ4v) is 1.54. The van der Waals surface area contributed by atoms with Crippen LogP contribution in [0.5, 0.6) is 0 Å². The topological polar surface area (TPSA) is 58.1 Å². The first kappa shape index (κ1) is 12.8. The first-order valence-corrected chi connectivity index (χ1v) is 6.10. The monoisotopic (exact) mass is 240 g/mol. The minimum Gasteiger partial charge on any atom is -0.357 e. The molecule has 88 valence electrons. The minimum atomic E-state index is -0.304. The Morgan fingerprint density at radius 2 is 2.19 bits per heavy atom. The maximum Gasteiger partial charge on any atom is 0.244 e. The zero-order chi connectivity index (χ0) is 12.1. The highest BCUT2D eigenvalue weighted by atomic mass is 32.2. The van der Waals surface area contributed by atoms with Crippen LogP contribution in [-0.2, 0) is 4.79 Å². The number of hydrogen-bond donors (Lipinski definition) is 1. The van der Waals surface area contributed by atoms with E-state index in [4.69, 9.17) is 0 Å². The summed E-state index contributed by atoms with van der Waals surface area (Å²) in [6.07, 6.45) is 5.23. The molecule has 0 aliphatic carbocycles. The summed E-state index contributed by atoms with van der Waals surface area (Å²) in [6.45, 7) is 1.80. The molecule has 0 aromatic carbocycles. The summed E-state index contributed by atoms with van der Waals surface area (Å²) in [7, 11) is 3.45. The van der Waals surface area contributed by atoms with Gasteiger partial charge in [-0.15, -0.1) is 11.8 Å². The Labute approximate surface area is 99.7 Å². The van der Waals surface area contributed by atoms with Crippen LogP contribution in [0.4, 0.5) is 5.82 Å². The zero-order valence-electron chi connectivity index (χ0n) is 9.89. The van der Waals surface area contributed by atoms with E-state index in [1.54, 1.807) is 38.3 Å². The predicted octanol–water partition coefficient (Wildman–Crippen LogP) is 1.09. The van der Waals surface area contributed by atoms with Crippen LogP contribution in [0.3, 0.4) is 0 Å². The average molecular weight is 240 g/mol. The summed E-state index contributed by atoms with van der Waals surface area (Å²) < 4.78 is 0. The van der Waals surface area contributed by atoms with Crippen LogP contribution in [0.1, 0.15) is 6.92 Å². The van der Waals surface area contributed by atoms with E-state index in [9.17, 15) is 4.79 Å². The van der Waals surface area contributed by atoms with Crippen molar-refractivity contribution >= 4 is 23.5 Å². The smallest absolute Gasteiger partial charge is 0.244 e. The standard InChI is InChI=1S/C10H16N4OS/c1-7(10(15)14(2)3)12-8-5-11-6-9(13-8)16-4/h5-7H,1-4H3,(H,12,13)/t7-/m0/s1. The summed E-state index contributed by atoms with van der Waals surface area (Å²) >= 11 is 1.52. The SMILES string of the molecule is CSc1cncc(N[C@@H](C)C(=O)N(C)C)n1. The number of nitrogens with one attached hydrogen (secondary N) is 1. The van der Waals surface area contributed by atoms with E-state index in [1.165, 1.54) is 11.8 Å². The van der Waals surface area contributed by atoms with Gasteiger partial charge < -0.3 is 10.2 Å². The van der Waals surface area contributed by atoms with Crippen LogP contribution >= 0.6 is 11.8 Å². The lowest BCUT2D eigenvalue weighted by Crippen LogP contribution is -2.36. The molecule has 0 saturated heterocycles. The molecule has 0 aliphatic rings. The normalized spacial score (nSPS) is 12.0. The molecule has 1 heterocycles. The lowest BCUT2D eigenvalue weighted by Gasteiger charge is -2.18. The summed E-state index contributed by atoms with van der Waals surface area (Å²) in [5.41, 5.74) is 0. The number of nitrogens with zero attached hydrogens (tertiary/aromatic N) is 3. The van der Waals surface area contributed by atoms with Gasteiger partial charge in [0.15, 0.2) is 0 Å². The van der Waals surface area contributed by atoms with Gasteiger partial charge in [0, 0.05) is 14.1 Å². The molecule has 1 aromatic rings. The highest BCUT2D eigenvalue weighted by Gasteiger charge is 2.14. The molecule has 0 spiro atoms. The van der Waals surface area contributed by atoms with E-state index in [1.807, 2.05) is 6.26 Å². The number of thioether (sulfide) groups is 1. The summed E-state index contributed by atoms with van der Waals surface area (Å²) in [5, 5.41) is 3.85. The van der Waals surface area contributed by atoms with E-state index in [2.05, 4.69) is 15.3 Å². The van der Waals surface area contributed by atoms with Crippen molar-refractivity contribution in [2.24, 2.45) is 0 Å². The van der Waals surface area contributed by atoms with Gasteiger partial charge in [0.05, 0.1) is 12.4 Å². The summed E-state index contributed by atoms with van der Waals surface area (Å²) in [4.78, 5) is 21.5. The maximum absolute atomic E-state index is 11.6. The van der Waals surface area contributed by atoms with Gasteiger partial charge in [-0.25, -0.2) is 4.98 Å². The lowest BCUT2D eigenvalue weighted by atomic mass is 10.3. The van der Waals surface area contributed by atoms with Crippen molar-refractivity contribution in [2.45, 2.75) is 18.0 Å². The average Bonchev–Trinajstić information content (AvgIpc) is 2.28. The fourth-order valence-electron chi connectivity index (χ4n) is 1.19. The molecule has 6 heteroatoms. The minimum absolute atomic E-state index is 0.0105. The Balaban J connectivity index is 2.69. The molecule has 1 rings (SSSR count). The summed E-state index contributed by atoms with van der Waals surface area (Å²) in [6, 6.07) is -0.304. The summed E-state index contributed by atoms with van der Waals surface area (Å²) in [5.74, 6) is 0.630. The number of rotatable bonds is 4. The second-order valence-electron chi connectivity index (χ2n) is 3.55. The number of amides is 1. The molecule has 0 unspecified atom stereocenters. The van der Waals surface area contributed by atoms with Gasteiger partial charge in [-0.05, 0) is 13.2 Å². The molecule has 16 heavy (non-hydrogen) atoms. The van der Waals surface area contributed by atoms with E-state index in [0.717, 1.165) is 5.03 Å². The van der Waals surface area contributed by atoms with Crippen molar-refractivity contribution in [2.75, 3.05) is 25.7 Å². The Kier molecular flexibility index (Phi) is 4.54. The largest absolute Gasteiger partial charge is 0.357 e. The van der Waals surface area contributed by atoms with Crippen molar-refractivity contribution < 1.29 is 4.79 Å².